The van der Waals surface area contributed by atoms with Crippen LogP contribution in [0.1, 0.15) is 34.6 Å². The van der Waals surface area contributed by atoms with E-state index < -0.39 is 13.6 Å². The van der Waals surface area contributed by atoms with Gasteiger partial charge >= 0.3 is 88.0 Å². The van der Waals surface area contributed by atoms with Crippen LogP contribution >= 0.6 is 8.15 Å². The average Bonchev–Trinajstić information content (AvgIpc) is 2.21. The van der Waals surface area contributed by atoms with Gasteiger partial charge in [0.2, 0.25) is 0 Å². The van der Waals surface area contributed by atoms with Gasteiger partial charge in [-0.1, -0.05) is 0 Å². The average molecular weight is 265 g/mol. The zero-order valence-electron chi connectivity index (χ0n) is 9.89. The molecule has 0 aliphatic carbocycles. The molecule has 0 rings (SSSR count). The van der Waals surface area contributed by atoms with Crippen molar-refractivity contribution in [2.75, 3.05) is 12.3 Å². The van der Waals surface area contributed by atoms with Gasteiger partial charge in [0, 0.05) is 0 Å². The Labute approximate surface area is 88.2 Å². The van der Waals surface area contributed by atoms with Crippen molar-refractivity contribution in [2.45, 2.75) is 50.4 Å². The Hall–Kier alpha value is 0.933. The fourth-order valence-corrected chi connectivity index (χ4v) is 13.9. The zero-order valence-corrected chi connectivity index (χ0v) is 12.9. The minimum atomic E-state index is -1.81. The van der Waals surface area contributed by atoms with Crippen molar-refractivity contribution in [3.8, 4) is 0 Å². The van der Waals surface area contributed by atoms with E-state index in [4.69, 9.17) is 3.55 Å². The molecule has 0 atom stereocenters. The first-order valence-corrected chi connectivity index (χ1v) is 12.6. The van der Waals surface area contributed by atoms with Crippen molar-refractivity contribution < 1.29 is 3.55 Å². The second-order valence-corrected chi connectivity index (χ2v) is 16.4. The summed E-state index contributed by atoms with van der Waals surface area (Å²) < 4.78 is 6.44. The van der Waals surface area contributed by atoms with E-state index in [0.717, 1.165) is 0 Å². The SMILES string of the molecule is CCP(CC)[O][Ge]([CH2]C)([CH2]C)[CH2]C. The Balaban J connectivity index is 4.21. The molecular weight excluding hydrogens is 240 g/mol. The van der Waals surface area contributed by atoms with Gasteiger partial charge < -0.3 is 0 Å². The number of hydrogen-bond acceptors (Lipinski definition) is 1. The molecular formula is C10H25GeOP. The normalized spacial score (nSPS) is 12.5. The molecule has 0 N–H and O–H groups in total. The molecule has 1 nitrogen and oxygen atoms in total. The van der Waals surface area contributed by atoms with Gasteiger partial charge in [-0.2, -0.15) is 0 Å². The van der Waals surface area contributed by atoms with E-state index in [0.29, 0.717) is 0 Å². The minimum absolute atomic E-state index is 0.0783. The molecule has 0 spiro atoms. The van der Waals surface area contributed by atoms with E-state index in [9.17, 15) is 0 Å². The van der Waals surface area contributed by atoms with Gasteiger partial charge in [-0.3, -0.25) is 0 Å². The molecule has 3 heteroatoms. The quantitative estimate of drug-likeness (QED) is 0.488. The van der Waals surface area contributed by atoms with Crippen LogP contribution in [0.2, 0.25) is 15.8 Å². The van der Waals surface area contributed by atoms with Crippen molar-refractivity contribution in [1.82, 2.24) is 0 Å². The van der Waals surface area contributed by atoms with Gasteiger partial charge in [-0.15, -0.1) is 0 Å². The van der Waals surface area contributed by atoms with Crippen LogP contribution in [-0.4, -0.2) is 25.9 Å². The van der Waals surface area contributed by atoms with E-state index >= 15 is 0 Å². The van der Waals surface area contributed by atoms with E-state index in [-0.39, 0.29) is 8.15 Å². The molecule has 0 aromatic carbocycles. The number of rotatable bonds is 7. The Morgan fingerprint density at radius 2 is 1.23 bits per heavy atom. The third kappa shape index (κ3) is 4.31. The van der Waals surface area contributed by atoms with Crippen LogP contribution in [0.5, 0.6) is 0 Å². The van der Waals surface area contributed by atoms with Crippen LogP contribution < -0.4 is 0 Å². The molecule has 0 saturated heterocycles. The maximum absolute atomic E-state index is 6.44. The second-order valence-electron chi connectivity index (χ2n) is 3.45. The van der Waals surface area contributed by atoms with Crippen LogP contribution in [0.25, 0.3) is 0 Å². The van der Waals surface area contributed by atoms with E-state index in [1.807, 2.05) is 0 Å². The van der Waals surface area contributed by atoms with Crippen LogP contribution in [-0.2, 0) is 3.55 Å². The summed E-state index contributed by atoms with van der Waals surface area (Å²) in [5.41, 5.74) is 0. The number of hydrogen-bond donors (Lipinski definition) is 0. The monoisotopic (exact) mass is 266 g/mol. The van der Waals surface area contributed by atoms with Gasteiger partial charge in [0.15, 0.2) is 0 Å². The van der Waals surface area contributed by atoms with Crippen molar-refractivity contribution in [3.63, 3.8) is 0 Å². The molecule has 0 aromatic rings. The molecule has 0 heterocycles. The van der Waals surface area contributed by atoms with Crippen molar-refractivity contribution in [2.24, 2.45) is 0 Å². The maximum atomic E-state index is 6.44. The molecule has 0 fully saturated rings. The molecule has 0 amide bonds. The van der Waals surface area contributed by atoms with Gasteiger partial charge in [0.05, 0.1) is 0 Å². The van der Waals surface area contributed by atoms with Crippen molar-refractivity contribution >= 4 is 21.8 Å². The third-order valence-corrected chi connectivity index (χ3v) is 17.2. The summed E-state index contributed by atoms with van der Waals surface area (Å²) in [5, 5.41) is 4.02. The summed E-state index contributed by atoms with van der Waals surface area (Å²) in [4.78, 5) is 0. The first-order chi connectivity index (χ1) is 6.17. The molecule has 0 radical (unpaired) electrons. The van der Waals surface area contributed by atoms with Gasteiger partial charge in [-0.05, 0) is 0 Å². The molecule has 0 unspecified atom stereocenters. The van der Waals surface area contributed by atoms with Gasteiger partial charge in [0.25, 0.3) is 0 Å². The van der Waals surface area contributed by atoms with Crippen LogP contribution in [0.3, 0.4) is 0 Å². The predicted molar refractivity (Wildman–Crippen MR) is 66.3 cm³/mol. The van der Waals surface area contributed by atoms with E-state index in [1.54, 1.807) is 0 Å². The molecule has 0 bridgehead atoms. The molecule has 0 aliphatic heterocycles. The fraction of sp³-hybridized carbons (Fsp3) is 1.00. The summed E-state index contributed by atoms with van der Waals surface area (Å²) in [5.74, 6) is 0. The van der Waals surface area contributed by atoms with Crippen LogP contribution in [0.4, 0.5) is 0 Å². The summed E-state index contributed by atoms with van der Waals surface area (Å²) in [6.45, 7) is 11.5. The summed E-state index contributed by atoms with van der Waals surface area (Å²) in [6.07, 6.45) is 2.50. The first-order valence-electron chi connectivity index (χ1n) is 5.62. The van der Waals surface area contributed by atoms with Crippen LogP contribution in [0.15, 0.2) is 0 Å². The first kappa shape index (κ1) is 13.9. The van der Waals surface area contributed by atoms with E-state index in [1.165, 1.54) is 28.1 Å². The summed E-state index contributed by atoms with van der Waals surface area (Å²) >= 11 is -1.81. The molecule has 0 aliphatic rings. The van der Waals surface area contributed by atoms with Gasteiger partial charge in [-0.25, -0.2) is 0 Å². The molecule has 0 aromatic heterocycles. The predicted octanol–water partition coefficient (Wildman–Crippen LogP) is 4.44. The summed E-state index contributed by atoms with van der Waals surface area (Å²) in [6, 6.07) is 0. The molecule has 13 heavy (non-hydrogen) atoms. The summed E-state index contributed by atoms with van der Waals surface area (Å²) in [7, 11) is -0.0783. The molecule has 80 valence electrons. The van der Waals surface area contributed by atoms with E-state index in [2.05, 4.69) is 34.6 Å². The Kier molecular flexibility index (Phi) is 7.77. The standard InChI is InChI=1S/C10H25GeOP/c1-6-11(7-2,8-3)12-13(9-4)10-5/h6-10H2,1-5H3. The Morgan fingerprint density at radius 1 is 0.846 bits per heavy atom. The van der Waals surface area contributed by atoms with Crippen LogP contribution in [0, 0.1) is 0 Å². The molecule has 0 saturated carbocycles. The third-order valence-electron chi connectivity index (χ3n) is 2.96. The fourth-order valence-electron chi connectivity index (χ4n) is 1.57. The second kappa shape index (κ2) is 7.25. The Bertz CT molecular complexity index is 114. The topological polar surface area (TPSA) is 9.23 Å². The Morgan fingerprint density at radius 3 is 1.46 bits per heavy atom. The zero-order chi connectivity index (χ0) is 10.3. The van der Waals surface area contributed by atoms with Crippen molar-refractivity contribution in [3.05, 3.63) is 0 Å². The van der Waals surface area contributed by atoms with Gasteiger partial charge in [0.1, 0.15) is 0 Å². The van der Waals surface area contributed by atoms with Crippen molar-refractivity contribution in [1.29, 1.82) is 0 Å².